The summed E-state index contributed by atoms with van der Waals surface area (Å²) in [5.74, 6) is -0.574. The van der Waals surface area contributed by atoms with E-state index in [9.17, 15) is 9.00 Å². The van der Waals surface area contributed by atoms with Crippen LogP contribution in [0.15, 0.2) is 34.7 Å². The Morgan fingerprint density at radius 2 is 2.00 bits per heavy atom. The average Bonchev–Trinajstić information content (AvgIpc) is 2.37. The summed E-state index contributed by atoms with van der Waals surface area (Å²) in [6, 6.07) is 9.42. The highest BCUT2D eigenvalue weighted by Crippen LogP contribution is 2.27. The molecular formula is C13H17NO3S. The van der Waals surface area contributed by atoms with Crippen molar-refractivity contribution in [3.8, 4) is 0 Å². The minimum atomic E-state index is -1.54. The zero-order valence-electron chi connectivity index (χ0n) is 10.8. The van der Waals surface area contributed by atoms with E-state index >= 15 is 0 Å². The second kappa shape index (κ2) is 6.44. The summed E-state index contributed by atoms with van der Waals surface area (Å²) in [6.45, 7) is 5.62. The number of hydrogen-bond donors (Lipinski definition) is 0. The standard InChI is InChI=1S/C13H17NO3S/c1-4-17-12(15)10-14-18(16)13(2,3)11-8-6-5-7-9-11/h5-10H,4H2,1-3H3/b14-10+. The molecule has 5 heteroatoms. The van der Waals surface area contributed by atoms with Crippen molar-refractivity contribution in [1.29, 1.82) is 0 Å². The third-order valence-corrected chi connectivity index (χ3v) is 3.85. The summed E-state index contributed by atoms with van der Waals surface area (Å²) in [4.78, 5) is 11.1. The number of carbonyl (C=O) groups is 1. The number of benzene rings is 1. The summed E-state index contributed by atoms with van der Waals surface area (Å²) >= 11 is 0. The molecule has 0 spiro atoms. The maximum Gasteiger partial charge on any atom is 0.350 e. The summed E-state index contributed by atoms with van der Waals surface area (Å²) in [5, 5.41) is 0. The van der Waals surface area contributed by atoms with E-state index in [0.29, 0.717) is 0 Å². The van der Waals surface area contributed by atoms with Crippen LogP contribution in [0.25, 0.3) is 0 Å². The number of nitrogens with zero attached hydrogens (tertiary/aromatic N) is 1. The molecule has 0 saturated carbocycles. The number of esters is 1. The normalized spacial score (nSPS) is 13.5. The van der Waals surface area contributed by atoms with E-state index in [1.54, 1.807) is 6.92 Å². The van der Waals surface area contributed by atoms with Gasteiger partial charge >= 0.3 is 5.97 Å². The van der Waals surface area contributed by atoms with E-state index in [1.165, 1.54) is 0 Å². The zero-order valence-corrected chi connectivity index (χ0v) is 11.6. The van der Waals surface area contributed by atoms with Crippen molar-refractivity contribution in [2.24, 2.45) is 4.40 Å². The van der Waals surface area contributed by atoms with Crippen molar-refractivity contribution in [2.75, 3.05) is 6.61 Å². The molecule has 0 amide bonds. The highest BCUT2D eigenvalue weighted by Gasteiger charge is 2.27. The first-order valence-corrected chi connectivity index (χ1v) is 6.77. The van der Waals surface area contributed by atoms with E-state index in [1.807, 2.05) is 44.2 Å². The van der Waals surface area contributed by atoms with E-state index in [2.05, 4.69) is 9.13 Å². The van der Waals surface area contributed by atoms with Crippen molar-refractivity contribution in [1.82, 2.24) is 0 Å². The third-order valence-electron chi connectivity index (χ3n) is 2.45. The number of hydrogen-bond acceptors (Lipinski definition) is 3. The smallest absolute Gasteiger partial charge is 0.350 e. The van der Waals surface area contributed by atoms with Gasteiger partial charge in [0.1, 0.15) is 17.2 Å². The molecule has 98 valence electrons. The Morgan fingerprint density at radius 3 is 2.56 bits per heavy atom. The number of ether oxygens (including phenoxy) is 1. The molecule has 0 N–H and O–H groups in total. The Labute approximate surface area is 110 Å². The van der Waals surface area contributed by atoms with Crippen molar-refractivity contribution >= 4 is 23.2 Å². The molecular weight excluding hydrogens is 250 g/mol. The fourth-order valence-corrected chi connectivity index (χ4v) is 2.13. The maximum absolute atomic E-state index is 12.1. The largest absolute Gasteiger partial charge is 0.462 e. The van der Waals surface area contributed by atoms with Crippen LogP contribution in [-0.4, -0.2) is 23.0 Å². The Hall–Kier alpha value is -1.49. The molecule has 1 aromatic carbocycles. The molecule has 18 heavy (non-hydrogen) atoms. The highest BCUT2D eigenvalue weighted by atomic mass is 32.2. The Morgan fingerprint density at radius 1 is 1.39 bits per heavy atom. The van der Waals surface area contributed by atoms with Crippen LogP contribution in [0.2, 0.25) is 0 Å². The fourth-order valence-electron chi connectivity index (χ4n) is 1.34. The van der Waals surface area contributed by atoms with Gasteiger partial charge in [-0.05, 0) is 26.3 Å². The molecule has 4 nitrogen and oxygen atoms in total. The van der Waals surface area contributed by atoms with Crippen LogP contribution in [0.1, 0.15) is 26.3 Å². The predicted molar refractivity (Wildman–Crippen MR) is 72.7 cm³/mol. The Bertz CT molecular complexity index is 455. The molecule has 1 unspecified atom stereocenters. The van der Waals surface area contributed by atoms with Crippen LogP contribution < -0.4 is 0 Å². The molecule has 0 fully saturated rings. The van der Waals surface area contributed by atoms with E-state index in [4.69, 9.17) is 0 Å². The molecule has 0 heterocycles. The monoisotopic (exact) mass is 267 g/mol. The SMILES string of the molecule is CCOC(=O)/C=N/S(=O)C(C)(C)c1ccccc1. The maximum atomic E-state index is 12.1. The van der Waals surface area contributed by atoms with Gasteiger partial charge in [0, 0.05) is 0 Å². The van der Waals surface area contributed by atoms with E-state index in [0.717, 1.165) is 11.8 Å². The summed E-state index contributed by atoms with van der Waals surface area (Å²) in [6.07, 6.45) is 0.976. The van der Waals surface area contributed by atoms with Gasteiger partial charge in [-0.2, -0.15) is 4.40 Å². The molecule has 0 saturated heterocycles. The van der Waals surface area contributed by atoms with Crippen molar-refractivity contribution in [3.05, 3.63) is 35.9 Å². The zero-order chi connectivity index (χ0) is 13.6. The van der Waals surface area contributed by atoms with Gasteiger partial charge < -0.3 is 4.74 Å². The summed E-state index contributed by atoms with van der Waals surface area (Å²) < 4.78 is 19.9. The number of rotatable bonds is 5. The molecule has 0 aliphatic carbocycles. The topological polar surface area (TPSA) is 55.7 Å². The van der Waals surface area contributed by atoms with Crippen LogP contribution in [0.3, 0.4) is 0 Å². The van der Waals surface area contributed by atoms with Crippen molar-refractivity contribution < 1.29 is 13.7 Å². The lowest BCUT2D eigenvalue weighted by molar-refractivity contribution is -0.134. The Balaban J connectivity index is 2.80. The van der Waals surface area contributed by atoms with Crippen LogP contribution in [0.5, 0.6) is 0 Å². The fraction of sp³-hybridized carbons (Fsp3) is 0.385. The quantitative estimate of drug-likeness (QED) is 0.607. The van der Waals surface area contributed by atoms with Crippen LogP contribution in [0, 0.1) is 0 Å². The second-order valence-corrected chi connectivity index (χ2v) is 5.84. The second-order valence-electron chi connectivity index (χ2n) is 4.11. The average molecular weight is 267 g/mol. The first-order chi connectivity index (χ1) is 8.48. The molecule has 0 bridgehead atoms. The third kappa shape index (κ3) is 3.77. The molecule has 0 aliphatic heterocycles. The van der Waals surface area contributed by atoms with E-state index in [-0.39, 0.29) is 6.61 Å². The van der Waals surface area contributed by atoms with Crippen molar-refractivity contribution in [2.45, 2.75) is 25.5 Å². The lowest BCUT2D eigenvalue weighted by Crippen LogP contribution is -2.22. The lowest BCUT2D eigenvalue weighted by Gasteiger charge is -2.21. The number of carbonyl (C=O) groups excluding carboxylic acids is 1. The first-order valence-electron chi connectivity index (χ1n) is 5.66. The summed E-state index contributed by atoms with van der Waals surface area (Å²) in [7, 11) is -1.54. The van der Waals surface area contributed by atoms with Crippen molar-refractivity contribution in [3.63, 3.8) is 0 Å². The van der Waals surface area contributed by atoms with Gasteiger partial charge in [-0.1, -0.05) is 30.3 Å². The van der Waals surface area contributed by atoms with Crippen LogP contribution in [-0.2, 0) is 25.3 Å². The van der Waals surface area contributed by atoms with Gasteiger partial charge in [0.2, 0.25) is 0 Å². The highest BCUT2D eigenvalue weighted by molar-refractivity contribution is 7.84. The van der Waals surface area contributed by atoms with Crippen LogP contribution in [0.4, 0.5) is 0 Å². The van der Waals surface area contributed by atoms with Gasteiger partial charge in [0.25, 0.3) is 0 Å². The van der Waals surface area contributed by atoms with Gasteiger partial charge in [0.05, 0.1) is 11.4 Å². The predicted octanol–water partition coefficient (Wildman–Crippen LogP) is 2.22. The summed E-state index contributed by atoms with van der Waals surface area (Å²) in [5.41, 5.74) is 0.907. The van der Waals surface area contributed by atoms with Crippen LogP contribution >= 0.6 is 0 Å². The molecule has 1 atom stereocenters. The molecule has 1 aromatic rings. The van der Waals surface area contributed by atoms with E-state index < -0.39 is 21.7 Å². The van der Waals surface area contributed by atoms with Gasteiger partial charge in [-0.25, -0.2) is 9.00 Å². The van der Waals surface area contributed by atoms with Gasteiger partial charge in [0.15, 0.2) is 0 Å². The minimum absolute atomic E-state index is 0.277. The van der Waals surface area contributed by atoms with Gasteiger partial charge in [-0.3, -0.25) is 0 Å². The molecule has 0 aliphatic rings. The molecule has 0 aromatic heterocycles. The van der Waals surface area contributed by atoms with Gasteiger partial charge in [-0.15, -0.1) is 0 Å². The Kier molecular flexibility index (Phi) is 5.22. The minimum Gasteiger partial charge on any atom is -0.462 e. The molecule has 0 radical (unpaired) electrons. The molecule has 1 rings (SSSR count). The first kappa shape index (κ1) is 14.6. The lowest BCUT2D eigenvalue weighted by atomic mass is 10.0.